The molecule has 0 aliphatic rings. The minimum absolute atomic E-state index is 0.686. The van der Waals surface area contributed by atoms with Crippen LogP contribution in [0.15, 0.2) is 42.7 Å². The summed E-state index contributed by atoms with van der Waals surface area (Å²) in [6.45, 7) is 0.686. The van der Waals surface area contributed by atoms with Crippen LogP contribution in [-0.2, 0) is 6.54 Å². The van der Waals surface area contributed by atoms with Gasteiger partial charge in [-0.2, -0.15) is 5.26 Å². The Morgan fingerprint density at radius 3 is 3.00 bits per heavy atom. The van der Waals surface area contributed by atoms with E-state index in [4.69, 9.17) is 5.26 Å². The lowest BCUT2D eigenvalue weighted by atomic mass is 10.2. The normalized spacial score (nSPS) is 10.2. The molecule has 2 heterocycles. The van der Waals surface area contributed by atoms with Gasteiger partial charge in [0.05, 0.1) is 5.69 Å². The van der Waals surface area contributed by atoms with Crippen LogP contribution in [0.2, 0.25) is 0 Å². The van der Waals surface area contributed by atoms with Crippen LogP contribution < -0.4 is 5.32 Å². The van der Waals surface area contributed by atoms with Crippen LogP contribution >= 0.6 is 11.3 Å². The summed E-state index contributed by atoms with van der Waals surface area (Å²) in [6, 6.07) is 13.7. The average molecular weight is 282 g/mol. The fourth-order valence-corrected chi connectivity index (χ4v) is 2.50. The standard InChI is InChI=1S/C13H10N6S/c14-7-12-4-5-13(20-12)8-15-10-2-1-3-11(6-10)19-9-16-17-18-19/h1-6,9,15H,8H2. The van der Waals surface area contributed by atoms with E-state index in [0.29, 0.717) is 6.54 Å². The second-order valence-electron chi connectivity index (χ2n) is 4.04. The van der Waals surface area contributed by atoms with Crippen LogP contribution in [0.5, 0.6) is 0 Å². The lowest BCUT2D eigenvalue weighted by molar-refractivity contribution is 0.789. The summed E-state index contributed by atoms with van der Waals surface area (Å²) < 4.78 is 1.60. The molecule has 1 N–H and O–H groups in total. The molecule has 6 nitrogen and oxygen atoms in total. The van der Waals surface area contributed by atoms with Crippen molar-refractivity contribution in [3.05, 3.63) is 52.5 Å². The minimum Gasteiger partial charge on any atom is -0.380 e. The third kappa shape index (κ3) is 2.65. The Morgan fingerprint density at radius 2 is 2.25 bits per heavy atom. The number of nitriles is 1. The van der Waals surface area contributed by atoms with Gasteiger partial charge in [-0.3, -0.25) is 0 Å². The number of thiophene rings is 1. The Balaban J connectivity index is 1.72. The largest absolute Gasteiger partial charge is 0.380 e. The fraction of sp³-hybridized carbons (Fsp3) is 0.0769. The molecule has 7 heteroatoms. The number of nitrogens with one attached hydrogen (secondary N) is 1. The smallest absolute Gasteiger partial charge is 0.143 e. The predicted molar refractivity (Wildman–Crippen MR) is 75.5 cm³/mol. The van der Waals surface area contributed by atoms with Gasteiger partial charge in [-0.1, -0.05) is 6.07 Å². The highest BCUT2D eigenvalue weighted by atomic mass is 32.1. The van der Waals surface area contributed by atoms with E-state index in [1.807, 2.05) is 36.4 Å². The van der Waals surface area contributed by atoms with Gasteiger partial charge >= 0.3 is 0 Å². The van der Waals surface area contributed by atoms with Gasteiger partial charge in [0.15, 0.2) is 0 Å². The molecule has 20 heavy (non-hydrogen) atoms. The number of hydrogen-bond acceptors (Lipinski definition) is 6. The number of benzene rings is 1. The van der Waals surface area contributed by atoms with Crippen LogP contribution in [0, 0.1) is 11.3 Å². The van der Waals surface area contributed by atoms with Gasteiger partial charge in [-0.15, -0.1) is 16.4 Å². The summed E-state index contributed by atoms with van der Waals surface area (Å²) in [5, 5.41) is 23.2. The van der Waals surface area contributed by atoms with Gasteiger partial charge in [0.25, 0.3) is 0 Å². The molecule has 0 atom stereocenters. The summed E-state index contributed by atoms with van der Waals surface area (Å²) in [6.07, 6.45) is 1.55. The highest BCUT2D eigenvalue weighted by Gasteiger charge is 2.02. The van der Waals surface area contributed by atoms with E-state index >= 15 is 0 Å². The first kappa shape index (κ1) is 12.3. The van der Waals surface area contributed by atoms with Crippen LogP contribution in [-0.4, -0.2) is 20.2 Å². The zero-order valence-corrected chi connectivity index (χ0v) is 11.2. The average Bonchev–Trinajstić information content (AvgIpc) is 3.17. The molecule has 0 saturated carbocycles. The first-order valence-electron chi connectivity index (χ1n) is 5.91. The summed E-state index contributed by atoms with van der Waals surface area (Å²) in [5.41, 5.74) is 1.87. The number of anilines is 1. The Morgan fingerprint density at radius 1 is 1.30 bits per heavy atom. The Kier molecular flexibility index (Phi) is 3.39. The van der Waals surface area contributed by atoms with E-state index in [1.165, 1.54) is 11.3 Å². The maximum Gasteiger partial charge on any atom is 0.143 e. The number of hydrogen-bond donors (Lipinski definition) is 1. The van der Waals surface area contributed by atoms with Crippen molar-refractivity contribution in [1.82, 2.24) is 20.2 Å². The molecule has 0 aliphatic carbocycles. The van der Waals surface area contributed by atoms with Gasteiger partial charge in [0.2, 0.25) is 0 Å². The van der Waals surface area contributed by atoms with E-state index in [9.17, 15) is 0 Å². The molecular formula is C13H10N6S. The van der Waals surface area contributed by atoms with Crippen molar-refractivity contribution in [2.24, 2.45) is 0 Å². The molecule has 0 radical (unpaired) electrons. The molecule has 0 bridgehead atoms. The maximum atomic E-state index is 8.80. The summed E-state index contributed by atoms with van der Waals surface area (Å²) >= 11 is 1.49. The molecule has 0 saturated heterocycles. The van der Waals surface area contributed by atoms with E-state index in [-0.39, 0.29) is 0 Å². The zero-order chi connectivity index (χ0) is 13.8. The molecule has 2 aromatic heterocycles. The van der Waals surface area contributed by atoms with Gasteiger partial charge in [0, 0.05) is 17.1 Å². The van der Waals surface area contributed by atoms with Crippen LogP contribution in [0.3, 0.4) is 0 Å². The van der Waals surface area contributed by atoms with Crippen molar-refractivity contribution in [2.75, 3.05) is 5.32 Å². The molecule has 1 aromatic carbocycles. The van der Waals surface area contributed by atoms with Crippen molar-refractivity contribution in [3.8, 4) is 11.8 Å². The SMILES string of the molecule is N#Cc1ccc(CNc2cccc(-n3cnnn3)c2)s1. The first-order valence-corrected chi connectivity index (χ1v) is 6.73. The molecule has 0 aliphatic heterocycles. The van der Waals surface area contributed by atoms with Crippen LogP contribution in [0.25, 0.3) is 5.69 Å². The molecule has 0 unspecified atom stereocenters. The van der Waals surface area contributed by atoms with Gasteiger partial charge in [-0.25, -0.2) is 4.68 Å². The molecule has 0 spiro atoms. The first-order chi connectivity index (χ1) is 9.85. The summed E-state index contributed by atoms with van der Waals surface area (Å²) in [4.78, 5) is 1.85. The number of tetrazole rings is 1. The van der Waals surface area contributed by atoms with Crippen molar-refractivity contribution in [1.29, 1.82) is 5.26 Å². The molecule has 3 aromatic rings. The van der Waals surface area contributed by atoms with Crippen LogP contribution in [0.4, 0.5) is 5.69 Å². The Labute approximate surface area is 119 Å². The monoisotopic (exact) mass is 282 g/mol. The quantitative estimate of drug-likeness (QED) is 0.793. The highest BCUT2D eigenvalue weighted by Crippen LogP contribution is 2.18. The van der Waals surface area contributed by atoms with Gasteiger partial charge < -0.3 is 5.32 Å². The molecule has 3 rings (SSSR count). The number of aromatic nitrogens is 4. The molecule has 0 fully saturated rings. The van der Waals surface area contributed by atoms with E-state index in [1.54, 1.807) is 11.0 Å². The van der Waals surface area contributed by atoms with Gasteiger partial charge in [-0.05, 0) is 40.8 Å². The zero-order valence-electron chi connectivity index (χ0n) is 10.4. The Bertz CT molecular complexity index is 740. The summed E-state index contributed by atoms with van der Waals surface area (Å²) in [5.74, 6) is 0. The third-order valence-electron chi connectivity index (χ3n) is 2.70. The van der Waals surface area contributed by atoms with Crippen molar-refractivity contribution < 1.29 is 0 Å². The number of nitrogens with zero attached hydrogens (tertiary/aromatic N) is 5. The second-order valence-corrected chi connectivity index (χ2v) is 5.20. The lowest BCUT2D eigenvalue weighted by Gasteiger charge is -2.06. The summed E-state index contributed by atoms with van der Waals surface area (Å²) in [7, 11) is 0. The maximum absolute atomic E-state index is 8.80. The fourth-order valence-electron chi connectivity index (χ4n) is 1.76. The Hall–Kier alpha value is -2.72. The van der Waals surface area contributed by atoms with E-state index < -0.39 is 0 Å². The van der Waals surface area contributed by atoms with Crippen LogP contribution in [0.1, 0.15) is 9.75 Å². The molecule has 98 valence electrons. The van der Waals surface area contributed by atoms with Gasteiger partial charge in [0.1, 0.15) is 17.3 Å². The predicted octanol–water partition coefficient (Wildman–Crippen LogP) is 2.21. The van der Waals surface area contributed by atoms with E-state index in [2.05, 4.69) is 26.9 Å². The molecular weight excluding hydrogens is 272 g/mol. The highest BCUT2D eigenvalue weighted by molar-refractivity contribution is 7.12. The topological polar surface area (TPSA) is 79.4 Å². The number of rotatable bonds is 4. The van der Waals surface area contributed by atoms with E-state index in [0.717, 1.165) is 21.1 Å². The molecule has 0 amide bonds. The third-order valence-corrected chi connectivity index (χ3v) is 3.69. The minimum atomic E-state index is 0.686. The lowest BCUT2D eigenvalue weighted by Crippen LogP contribution is -2.00. The van der Waals surface area contributed by atoms with Crippen molar-refractivity contribution in [3.63, 3.8) is 0 Å². The second kappa shape index (κ2) is 5.50. The van der Waals surface area contributed by atoms with Crippen molar-refractivity contribution in [2.45, 2.75) is 6.54 Å². The van der Waals surface area contributed by atoms with Crippen molar-refractivity contribution >= 4 is 17.0 Å².